The topological polar surface area (TPSA) is 78.9 Å². The van der Waals surface area contributed by atoms with Crippen molar-refractivity contribution in [3.05, 3.63) is 23.2 Å². The minimum Gasteiger partial charge on any atom is -0.381 e. The molecule has 0 aliphatic carbocycles. The lowest BCUT2D eigenvalue weighted by atomic mass is 9.99. The molecule has 3 heterocycles. The van der Waals surface area contributed by atoms with Crippen molar-refractivity contribution >= 4 is 17.5 Å². The highest BCUT2D eigenvalue weighted by atomic mass is 35.5. The molecule has 2 N–H and O–H groups in total. The Kier molecular flexibility index (Phi) is 3.58. The molecule has 0 unspecified atom stereocenters. The molecule has 0 radical (unpaired) electrons. The van der Waals surface area contributed by atoms with Crippen molar-refractivity contribution < 1.29 is 4.74 Å². The Labute approximate surface area is 122 Å². The summed E-state index contributed by atoms with van der Waals surface area (Å²) in [5.41, 5.74) is 7.11. The van der Waals surface area contributed by atoms with E-state index in [9.17, 15) is 0 Å². The van der Waals surface area contributed by atoms with E-state index in [1.165, 1.54) is 6.20 Å². The van der Waals surface area contributed by atoms with Gasteiger partial charge in [-0.3, -0.25) is 0 Å². The van der Waals surface area contributed by atoms with Crippen LogP contribution in [-0.2, 0) is 11.8 Å². The number of rotatable bonds is 2. The fraction of sp³-hybridized carbons (Fsp3) is 0.462. The zero-order chi connectivity index (χ0) is 14.1. The average molecular weight is 294 g/mol. The third-order valence-electron chi connectivity index (χ3n) is 3.62. The van der Waals surface area contributed by atoms with Gasteiger partial charge in [0.25, 0.3) is 0 Å². The molecule has 6 nitrogen and oxygen atoms in total. The minimum absolute atomic E-state index is 0.207. The molecule has 0 atom stereocenters. The summed E-state index contributed by atoms with van der Waals surface area (Å²) >= 11 is 6.16. The highest BCUT2D eigenvalue weighted by Crippen LogP contribution is 2.31. The Morgan fingerprint density at radius 2 is 2.05 bits per heavy atom. The fourth-order valence-corrected chi connectivity index (χ4v) is 2.73. The van der Waals surface area contributed by atoms with Crippen molar-refractivity contribution in [1.82, 2.24) is 19.5 Å². The lowest BCUT2D eigenvalue weighted by Gasteiger charge is -2.21. The summed E-state index contributed by atoms with van der Waals surface area (Å²) in [6, 6.07) is 0. The number of hydrogen-bond donors (Lipinski definition) is 1. The number of nitrogens with two attached hydrogens (primary N) is 1. The quantitative estimate of drug-likeness (QED) is 0.916. The van der Waals surface area contributed by atoms with E-state index in [-0.39, 0.29) is 5.95 Å². The zero-order valence-corrected chi connectivity index (χ0v) is 12.0. The molecule has 0 amide bonds. The minimum atomic E-state index is 0.207. The van der Waals surface area contributed by atoms with E-state index >= 15 is 0 Å². The molecule has 2 aromatic rings. The second-order valence-electron chi connectivity index (χ2n) is 4.87. The number of aromatic nitrogens is 4. The van der Waals surface area contributed by atoms with Crippen LogP contribution in [0.15, 0.2) is 12.4 Å². The number of hydrogen-bond acceptors (Lipinski definition) is 5. The van der Waals surface area contributed by atoms with Crippen LogP contribution >= 0.6 is 11.6 Å². The Bertz CT molecular complexity index is 621. The van der Waals surface area contributed by atoms with Crippen molar-refractivity contribution in [2.24, 2.45) is 7.05 Å². The van der Waals surface area contributed by atoms with Gasteiger partial charge in [0.2, 0.25) is 5.95 Å². The van der Waals surface area contributed by atoms with Gasteiger partial charge in [0.15, 0.2) is 0 Å². The molecule has 0 saturated carbocycles. The predicted molar refractivity (Wildman–Crippen MR) is 76.5 cm³/mol. The second kappa shape index (κ2) is 5.38. The summed E-state index contributed by atoms with van der Waals surface area (Å²) in [6.45, 7) is 1.57. The molecule has 1 fully saturated rings. The third-order valence-corrected chi connectivity index (χ3v) is 3.89. The van der Waals surface area contributed by atoms with Gasteiger partial charge >= 0.3 is 0 Å². The number of ether oxygens (including phenoxy) is 1. The number of nitrogen functional groups attached to an aromatic ring is 1. The van der Waals surface area contributed by atoms with Crippen LogP contribution in [0.25, 0.3) is 11.4 Å². The van der Waals surface area contributed by atoms with Gasteiger partial charge in [-0.15, -0.1) is 0 Å². The molecule has 1 saturated heterocycles. The number of nitrogens with zero attached hydrogens (tertiary/aromatic N) is 4. The highest BCUT2D eigenvalue weighted by molar-refractivity contribution is 6.32. The predicted octanol–water partition coefficient (Wildman–Crippen LogP) is 2.01. The van der Waals surface area contributed by atoms with Crippen LogP contribution in [0.2, 0.25) is 5.02 Å². The number of imidazole rings is 1. The molecule has 0 bridgehead atoms. The first-order chi connectivity index (χ1) is 9.66. The molecule has 1 aliphatic heterocycles. The zero-order valence-electron chi connectivity index (χ0n) is 11.2. The van der Waals surface area contributed by atoms with Crippen LogP contribution in [0.3, 0.4) is 0 Å². The maximum atomic E-state index is 6.16. The normalized spacial score (nSPS) is 16.5. The van der Waals surface area contributed by atoms with Crippen molar-refractivity contribution in [3.8, 4) is 11.4 Å². The molecule has 2 aromatic heterocycles. The number of halogens is 1. The maximum absolute atomic E-state index is 6.16. The third kappa shape index (κ3) is 2.36. The van der Waals surface area contributed by atoms with E-state index in [2.05, 4.69) is 15.0 Å². The first kappa shape index (κ1) is 13.3. The highest BCUT2D eigenvalue weighted by Gasteiger charge is 2.22. The standard InChI is InChI=1S/C13H16ClN5O/c1-19-10(11-9(14)6-17-13(15)18-11)7-16-12(19)8-2-4-20-5-3-8/h6-8H,2-5H2,1H3,(H2,15,17,18). The number of anilines is 1. The van der Waals surface area contributed by atoms with Gasteiger partial charge in [-0.05, 0) is 12.8 Å². The molecule has 0 aromatic carbocycles. The Morgan fingerprint density at radius 1 is 1.30 bits per heavy atom. The molecule has 106 valence electrons. The summed E-state index contributed by atoms with van der Waals surface area (Å²) in [5.74, 6) is 1.66. The largest absolute Gasteiger partial charge is 0.381 e. The molecular weight excluding hydrogens is 278 g/mol. The SMILES string of the molecule is Cn1c(-c2nc(N)ncc2Cl)cnc1C1CCOCC1. The van der Waals surface area contributed by atoms with E-state index in [4.69, 9.17) is 22.1 Å². The van der Waals surface area contributed by atoms with Crippen molar-refractivity contribution in [2.75, 3.05) is 18.9 Å². The molecule has 1 aliphatic rings. The van der Waals surface area contributed by atoms with Crippen LogP contribution in [-0.4, -0.2) is 32.7 Å². The van der Waals surface area contributed by atoms with Gasteiger partial charge in [0, 0.05) is 26.2 Å². The first-order valence-electron chi connectivity index (χ1n) is 6.54. The van der Waals surface area contributed by atoms with Crippen molar-refractivity contribution in [2.45, 2.75) is 18.8 Å². The molecule has 20 heavy (non-hydrogen) atoms. The molecule has 0 spiro atoms. The molecule has 3 rings (SSSR count). The lowest BCUT2D eigenvalue weighted by Crippen LogP contribution is -2.17. The maximum Gasteiger partial charge on any atom is 0.220 e. The van der Waals surface area contributed by atoms with Gasteiger partial charge in [0.05, 0.1) is 23.1 Å². The first-order valence-corrected chi connectivity index (χ1v) is 6.92. The van der Waals surface area contributed by atoms with E-state index < -0.39 is 0 Å². The van der Waals surface area contributed by atoms with Crippen LogP contribution in [0, 0.1) is 0 Å². The van der Waals surface area contributed by atoms with E-state index in [1.54, 1.807) is 6.20 Å². The average Bonchev–Trinajstić information content (AvgIpc) is 2.84. The smallest absolute Gasteiger partial charge is 0.220 e. The summed E-state index contributed by atoms with van der Waals surface area (Å²) in [4.78, 5) is 12.6. The lowest BCUT2D eigenvalue weighted by molar-refractivity contribution is 0.0830. The van der Waals surface area contributed by atoms with Crippen molar-refractivity contribution in [3.63, 3.8) is 0 Å². The monoisotopic (exact) mass is 293 g/mol. The van der Waals surface area contributed by atoms with Gasteiger partial charge < -0.3 is 15.0 Å². The summed E-state index contributed by atoms with van der Waals surface area (Å²) < 4.78 is 7.42. The van der Waals surface area contributed by atoms with Gasteiger partial charge in [-0.1, -0.05) is 11.6 Å². The van der Waals surface area contributed by atoms with Crippen molar-refractivity contribution in [1.29, 1.82) is 0 Å². The van der Waals surface area contributed by atoms with Gasteiger partial charge in [-0.2, -0.15) is 0 Å². The van der Waals surface area contributed by atoms with E-state index in [0.29, 0.717) is 16.6 Å². The van der Waals surface area contributed by atoms with Crippen LogP contribution in [0.4, 0.5) is 5.95 Å². The summed E-state index contributed by atoms with van der Waals surface area (Å²) in [6.07, 6.45) is 5.28. The Hall–Kier alpha value is -1.66. The Morgan fingerprint density at radius 3 is 2.80 bits per heavy atom. The van der Waals surface area contributed by atoms with Gasteiger partial charge in [-0.25, -0.2) is 15.0 Å². The molecular formula is C13H16ClN5O. The van der Waals surface area contributed by atoms with E-state index in [1.807, 2.05) is 11.6 Å². The Balaban J connectivity index is 1.99. The second-order valence-corrected chi connectivity index (χ2v) is 5.28. The van der Waals surface area contributed by atoms with Crippen LogP contribution in [0.1, 0.15) is 24.6 Å². The van der Waals surface area contributed by atoms with Gasteiger partial charge in [0.1, 0.15) is 11.5 Å². The van der Waals surface area contributed by atoms with Crippen LogP contribution in [0.5, 0.6) is 0 Å². The summed E-state index contributed by atoms with van der Waals surface area (Å²) in [5, 5.41) is 0.473. The van der Waals surface area contributed by atoms with E-state index in [0.717, 1.165) is 37.6 Å². The molecule has 7 heteroatoms. The fourth-order valence-electron chi connectivity index (χ4n) is 2.54. The summed E-state index contributed by atoms with van der Waals surface area (Å²) in [7, 11) is 1.97. The van der Waals surface area contributed by atoms with Crippen LogP contribution < -0.4 is 5.73 Å².